The highest BCUT2D eigenvalue weighted by Gasteiger charge is 2.10. The molecule has 0 saturated carbocycles. The van der Waals surface area contributed by atoms with Gasteiger partial charge < -0.3 is 19.9 Å². The maximum atomic E-state index is 8.76. The minimum absolute atomic E-state index is 0.117. The molecule has 0 aromatic heterocycles. The smallest absolute Gasteiger partial charge is 0.166 e. The molecule has 0 radical (unpaired) electrons. The lowest BCUT2D eigenvalue weighted by Gasteiger charge is -2.15. The molecule has 0 fully saturated rings. The molecule has 1 aromatic carbocycles. The van der Waals surface area contributed by atoms with Crippen LogP contribution in [0.5, 0.6) is 11.5 Å². The van der Waals surface area contributed by atoms with E-state index >= 15 is 0 Å². The third-order valence-corrected chi connectivity index (χ3v) is 2.35. The van der Waals surface area contributed by atoms with E-state index in [4.69, 9.17) is 14.6 Å². The lowest BCUT2D eigenvalue weighted by atomic mass is 10.2. The summed E-state index contributed by atoms with van der Waals surface area (Å²) in [4.78, 5) is 0. The average molecular weight is 251 g/mol. The highest BCUT2D eigenvalue weighted by molar-refractivity contribution is 5.46. The third-order valence-electron chi connectivity index (χ3n) is 2.35. The first-order chi connectivity index (χ1) is 8.69. The van der Waals surface area contributed by atoms with Crippen LogP contribution < -0.4 is 14.8 Å². The van der Waals surface area contributed by atoms with Crippen molar-refractivity contribution in [1.29, 1.82) is 0 Å². The number of ether oxygens (including phenoxy) is 2. The van der Waals surface area contributed by atoms with Crippen molar-refractivity contribution in [3.05, 3.63) is 35.9 Å². The van der Waals surface area contributed by atoms with E-state index in [-0.39, 0.29) is 6.61 Å². The zero-order valence-electron chi connectivity index (χ0n) is 11.0. The molecule has 100 valence electrons. The van der Waals surface area contributed by atoms with Gasteiger partial charge in [0.05, 0.1) is 13.7 Å². The number of nitrogens with one attached hydrogen (secondary N) is 1. The van der Waals surface area contributed by atoms with Crippen molar-refractivity contribution >= 4 is 0 Å². The average Bonchev–Trinajstić information content (AvgIpc) is 2.37. The number of hydrogen-bond acceptors (Lipinski definition) is 4. The summed E-state index contributed by atoms with van der Waals surface area (Å²) in [7, 11) is 1.62. The SMILES string of the molecule is C=C(C)COc1c(CNCCO)cccc1OC. The molecular formula is C14H21NO3. The summed E-state index contributed by atoms with van der Waals surface area (Å²) in [5, 5.41) is 11.9. The summed E-state index contributed by atoms with van der Waals surface area (Å²) in [5.41, 5.74) is 1.96. The summed E-state index contributed by atoms with van der Waals surface area (Å²) < 4.78 is 11.0. The normalized spacial score (nSPS) is 10.2. The van der Waals surface area contributed by atoms with Gasteiger partial charge in [-0.2, -0.15) is 0 Å². The fourth-order valence-electron chi connectivity index (χ4n) is 1.52. The predicted octanol–water partition coefficient (Wildman–Crippen LogP) is 1.73. The topological polar surface area (TPSA) is 50.7 Å². The molecule has 0 aliphatic rings. The molecular weight excluding hydrogens is 230 g/mol. The molecule has 1 aromatic rings. The van der Waals surface area contributed by atoms with E-state index in [0.717, 1.165) is 16.9 Å². The molecule has 0 saturated heterocycles. The Hall–Kier alpha value is -1.52. The van der Waals surface area contributed by atoms with Gasteiger partial charge >= 0.3 is 0 Å². The van der Waals surface area contributed by atoms with E-state index in [2.05, 4.69) is 11.9 Å². The van der Waals surface area contributed by atoms with Crippen molar-refractivity contribution in [2.75, 3.05) is 26.9 Å². The Morgan fingerprint density at radius 2 is 2.22 bits per heavy atom. The van der Waals surface area contributed by atoms with Crippen molar-refractivity contribution < 1.29 is 14.6 Å². The van der Waals surface area contributed by atoms with Crippen LogP contribution in [-0.4, -0.2) is 32.0 Å². The van der Waals surface area contributed by atoms with Crippen LogP contribution in [0.1, 0.15) is 12.5 Å². The van der Waals surface area contributed by atoms with Crippen molar-refractivity contribution in [2.45, 2.75) is 13.5 Å². The van der Waals surface area contributed by atoms with Crippen molar-refractivity contribution in [3.8, 4) is 11.5 Å². The largest absolute Gasteiger partial charge is 0.493 e. The molecule has 0 unspecified atom stereocenters. The second kappa shape index (κ2) is 7.74. The Balaban J connectivity index is 2.82. The molecule has 4 nitrogen and oxygen atoms in total. The van der Waals surface area contributed by atoms with Crippen molar-refractivity contribution in [1.82, 2.24) is 5.32 Å². The summed E-state index contributed by atoms with van der Waals surface area (Å²) in [6.07, 6.45) is 0. The van der Waals surface area contributed by atoms with Gasteiger partial charge in [-0.25, -0.2) is 0 Å². The standard InChI is InChI=1S/C14H21NO3/c1-11(2)10-18-14-12(9-15-7-8-16)5-4-6-13(14)17-3/h4-6,15-16H,1,7-10H2,2-3H3. The van der Waals surface area contributed by atoms with Crippen molar-refractivity contribution in [3.63, 3.8) is 0 Å². The zero-order valence-corrected chi connectivity index (χ0v) is 11.0. The molecule has 0 aliphatic carbocycles. The molecule has 0 heterocycles. The molecule has 18 heavy (non-hydrogen) atoms. The van der Waals surface area contributed by atoms with Crippen LogP contribution in [-0.2, 0) is 6.54 Å². The molecule has 0 amide bonds. The number of hydrogen-bond donors (Lipinski definition) is 2. The van der Waals surface area contributed by atoms with Gasteiger partial charge in [0.15, 0.2) is 11.5 Å². The predicted molar refractivity (Wildman–Crippen MR) is 72.1 cm³/mol. The Morgan fingerprint density at radius 3 is 2.83 bits per heavy atom. The summed E-state index contributed by atoms with van der Waals surface area (Å²) >= 11 is 0. The molecule has 0 spiro atoms. The number of rotatable bonds is 8. The Labute approximate surface area is 108 Å². The lowest BCUT2D eigenvalue weighted by Crippen LogP contribution is -2.18. The maximum absolute atomic E-state index is 8.76. The highest BCUT2D eigenvalue weighted by Crippen LogP contribution is 2.31. The fraction of sp³-hybridized carbons (Fsp3) is 0.429. The Kier molecular flexibility index (Phi) is 6.25. The minimum atomic E-state index is 0.117. The molecule has 0 bridgehead atoms. The fourth-order valence-corrected chi connectivity index (χ4v) is 1.52. The molecule has 0 atom stereocenters. The lowest BCUT2D eigenvalue weighted by molar-refractivity contribution is 0.290. The highest BCUT2D eigenvalue weighted by atomic mass is 16.5. The first kappa shape index (κ1) is 14.5. The Morgan fingerprint density at radius 1 is 1.44 bits per heavy atom. The van der Waals surface area contributed by atoms with Gasteiger partial charge in [-0.1, -0.05) is 18.7 Å². The summed E-state index contributed by atoms with van der Waals surface area (Å²) in [5.74, 6) is 1.44. The second-order valence-corrected chi connectivity index (χ2v) is 4.09. The van der Waals surface area contributed by atoms with Crippen LogP contribution in [0.3, 0.4) is 0 Å². The zero-order chi connectivity index (χ0) is 13.4. The quantitative estimate of drug-likeness (QED) is 0.546. The van der Waals surface area contributed by atoms with E-state index in [1.54, 1.807) is 7.11 Å². The second-order valence-electron chi connectivity index (χ2n) is 4.09. The van der Waals surface area contributed by atoms with Crippen LogP contribution >= 0.6 is 0 Å². The number of para-hydroxylation sites is 1. The van der Waals surface area contributed by atoms with E-state index in [0.29, 0.717) is 25.4 Å². The summed E-state index contributed by atoms with van der Waals surface area (Å²) in [6, 6.07) is 5.76. The minimum Gasteiger partial charge on any atom is -0.493 e. The number of aliphatic hydroxyl groups excluding tert-OH is 1. The summed E-state index contributed by atoms with van der Waals surface area (Å²) in [6.45, 7) is 7.50. The molecule has 1 rings (SSSR count). The molecule has 0 aliphatic heterocycles. The van der Waals surface area contributed by atoms with E-state index in [9.17, 15) is 0 Å². The van der Waals surface area contributed by atoms with Crippen LogP contribution in [0.15, 0.2) is 30.4 Å². The van der Waals surface area contributed by atoms with E-state index < -0.39 is 0 Å². The molecule has 2 N–H and O–H groups in total. The maximum Gasteiger partial charge on any atom is 0.166 e. The van der Waals surface area contributed by atoms with Crippen molar-refractivity contribution in [2.24, 2.45) is 0 Å². The number of benzene rings is 1. The van der Waals surface area contributed by atoms with Gasteiger partial charge in [0.1, 0.15) is 6.61 Å². The first-order valence-corrected chi connectivity index (χ1v) is 5.93. The van der Waals surface area contributed by atoms with Crippen LogP contribution in [0.4, 0.5) is 0 Å². The van der Waals surface area contributed by atoms with Gasteiger partial charge in [-0.05, 0) is 18.6 Å². The molecule has 4 heteroatoms. The first-order valence-electron chi connectivity index (χ1n) is 5.93. The van der Waals surface area contributed by atoms with Gasteiger partial charge in [-0.3, -0.25) is 0 Å². The van der Waals surface area contributed by atoms with Gasteiger partial charge in [0, 0.05) is 18.7 Å². The van der Waals surface area contributed by atoms with E-state index in [1.807, 2.05) is 25.1 Å². The van der Waals surface area contributed by atoms with Gasteiger partial charge in [0.2, 0.25) is 0 Å². The van der Waals surface area contributed by atoms with E-state index in [1.165, 1.54) is 0 Å². The third kappa shape index (κ3) is 4.39. The van der Waals surface area contributed by atoms with Crippen LogP contribution in [0.2, 0.25) is 0 Å². The van der Waals surface area contributed by atoms with Crippen LogP contribution in [0.25, 0.3) is 0 Å². The Bertz CT molecular complexity index is 391. The van der Waals surface area contributed by atoms with Gasteiger partial charge in [-0.15, -0.1) is 0 Å². The van der Waals surface area contributed by atoms with Crippen LogP contribution in [0, 0.1) is 0 Å². The number of aliphatic hydroxyl groups is 1. The monoisotopic (exact) mass is 251 g/mol. The number of methoxy groups -OCH3 is 1. The van der Waals surface area contributed by atoms with Gasteiger partial charge in [0.25, 0.3) is 0 Å².